The summed E-state index contributed by atoms with van der Waals surface area (Å²) >= 11 is 1.72. The molecule has 7 nitrogen and oxygen atoms in total. The highest BCUT2D eigenvalue weighted by molar-refractivity contribution is 7.26. The molecule has 58 heavy (non-hydrogen) atoms. The van der Waals surface area contributed by atoms with Crippen molar-refractivity contribution in [2.45, 2.75) is 0 Å². The second-order valence-electron chi connectivity index (χ2n) is 13.9. The molecule has 4 aromatic heterocycles. The van der Waals surface area contributed by atoms with Crippen molar-refractivity contribution < 1.29 is 4.42 Å². The number of nitrogens with zero attached hydrogens (tertiary/aromatic N) is 6. The van der Waals surface area contributed by atoms with Crippen LogP contribution in [0.2, 0.25) is 0 Å². The summed E-state index contributed by atoms with van der Waals surface area (Å²) in [6, 6.07) is 56.7. The molecule has 0 amide bonds. The number of hydrogen-bond acceptors (Lipinski definition) is 7. The average molecular weight is 761 g/mol. The zero-order valence-corrected chi connectivity index (χ0v) is 31.5. The van der Waals surface area contributed by atoms with E-state index in [1.54, 1.807) is 11.3 Å². The number of fused-ring (bicyclic) bond motifs is 6. The molecule has 0 aliphatic heterocycles. The second-order valence-corrected chi connectivity index (χ2v) is 15.0. The van der Waals surface area contributed by atoms with Crippen molar-refractivity contribution in [3.8, 4) is 67.9 Å². The smallest absolute Gasteiger partial charge is 0.187 e. The predicted octanol–water partition coefficient (Wildman–Crippen LogP) is 13.5. The van der Waals surface area contributed by atoms with Crippen LogP contribution in [0.5, 0.6) is 0 Å². The third kappa shape index (κ3) is 5.77. The lowest BCUT2D eigenvalue weighted by atomic mass is 10.0. The number of para-hydroxylation sites is 1. The topological polar surface area (TPSA) is 82.0 Å². The van der Waals surface area contributed by atoms with Crippen molar-refractivity contribution in [2.75, 3.05) is 0 Å². The molecular formula is C50H28N6OS. The zero-order valence-electron chi connectivity index (χ0n) is 30.7. The number of aromatic nitrogens is 5. The fourth-order valence-electron chi connectivity index (χ4n) is 7.51. The summed E-state index contributed by atoms with van der Waals surface area (Å²) in [6.07, 6.45) is 0. The third-order valence-electron chi connectivity index (χ3n) is 10.4. The van der Waals surface area contributed by atoms with Crippen molar-refractivity contribution in [1.82, 2.24) is 24.9 Å². The Bertz CT molecular complexity index is 3390. The van der Waals surface area contributed by atoms with Crippen LogP contribution in [0.15, 0.2) is 174 Å². The summed E-state index contributed by atoms with van der Waals surface area (Å²) < 4.78 is 8.89. The van der Waals surface area contributed by atoms with Crippen LogP contribution < -0.4 is 0 Å². The van der Waals surface area contributed by atoms with Gasteiger partial charge in [-0.15, -0.1) is 11.3 Å². The Labute approximate surface area is 336 Å². The molecule has 0 aliphatic rings. The van der Waals surface area contributed by atoms with Crippen LogP contribution >= 0.6 is 11.3 Å². The molecule has 0 aliphatic carbocycles. The van der Waals surface area contributed by atoms with E-state index in [4.69, 9.17) is 35.9 Å². The van der Waals surface area contributed by atoms with Crippen LogP contribution in [-0.2, 0) is 0 Å². The molecule has 0 atom stereocenters. The summed E-state index contributed by atoms with van der Waals surface area (Å²) in [5.74, 6) is 2.32. The van der Waals surface area contributed by atoms with Gasteiger partial charge < -0.3 is 4.42 Å². The lowest BCUT2D eigenvalue weighted by molar-refractivity contribution is 0.669. The third-order valence-corrected chi connectivity index (χ3v) is 11.6. The average Bonchev–Trinajstić information content (AvgIpc) is 3.87. The van der Waals surface area contributed by atoms with E-state index >= 15 is 0 Å². The number of benzene rings is 7. The SMILES string of the molecule is [C-]#[N+]c1ccc(-c2ccc(-c3nc(-c4ccccc4)nc(-c4ccc5oc6c(-c7nc(-c8ccccc8)c8sc9ccccc9c8n7)cccc6c5c4)n3)cc2)cc1. The van der Waals surface area contributed by atoms with Gasteiger partial charge in [-0.25, -0.2) is 29.8 Å². The highest BCUT2D eigenvalue weighted by Crippen LogP contribution is 2.42. The first-order valence-corrected chi connectivity index (χ1v) is 19.6. The summed E-state index contributed by atoms with van der Waals surface area (Å²) in [7, 11) is 0. The van der Waals surface area contributed by atoms with Crippen LogP contribution in [-0.4, -0.2) is 24.9 Å². The number of hydrogen-bond donors (Lipinski definition) is 0. The molecule has 0 radical (unpaired) electrons. The van der Waals surface area contributed by atoms with E-state index in [9.17, 15) is 0 Å². The monoisotopic (exact) mass is 760 g/mol. The van der Waals surface area contributed by atoms with Crippen LogP contribution in [0, 0.1) is 6.57 Å². The minimum Gasteiger partial charge on any atom is -0.455 e. The summed E-state index contributed by atoms with van der Waals surface area (Å²) in [6.45, 7) is 7.28. The van der Waals surface area contributed by atoms with Crippen molar-refractivity contribution >= 4 is 59.3 Å². The normalized spacial score (nSPS) is 11.4. The Morgan fingerprint density at radius 2 is 1.03 bits per heavy atom. The van der Waals surface area contributed by atoms with Gasteiger partial charge in [-0.05, 0) is 41.5 Å². The van der Waals surface area contributed by atoms with Crippen molar-refractivity contribution in [1.29, 1.82) is 0 Å². The molecule has 0 fully saturated rings. The summed E-state index contributed by atoms with van der Waals surface area (Å²) in [4.78, 5) is 29.0. The first kappa shape index (κ1) is 33.5. The molecule has 8 heteroatoms. The van der Waals surface area contributed by atoms with E-state index in [1.807, 2.05) is 109 Å². The van der Waals surface area contributed by atoms with Gasteiger partial charge in [0.15, 0.2) is 29.0 Å². The fourth-order valence-corrected chi connectivity index (χ4v) is 8.66. The number of rotatable bonds is 6. The molecule has 0 N–H and O–H groups in total. The van der Waals surface area contributed by atoms with E-state index in [0.29, 0.717) is 29.0 Å². The van der Waals surface area contributed by atoms with Gasteiger partial charge in [0.1, 0.15) is 11.2 Å². The molecule has 0 saturated carbocycles. The molecule has 270 valence electrons. The van der Waals surface area contributed by atoms with Crippen LogP contribution in [0.25, 0.3) is 115 Å². The number of furan rings is 1. The minimum atomic E-state index is 0.556. The molecular weight excluding hydrogens is 733 g/mol. The Hall–Kier alpha value is -7.86. The minimum absolute atomic E-state index is 0.556. The van der Waals surface area contributed by atoms with Crippen molar-refractivity contribution in [3.63, 3.8) is 0 Å². The van der Waals surface area contributed by atoms with E-state index in [1.165, 1.54) is 4.70 Å². The van der Waals surface area contributed by atoms with Gasteiger partial charge in [-0.1, -0.05) is 140 Å². The lowest BCUT2D eigenvalue weighted by Gasteiger charge is -2.09. The first-order valence-electron chi connectivity index (χ1n) is 18.8. The quantitative estimate of drug-likeness (QED) is 0.157. The zero-order chi connectivity index (χ0) is 38.6. The fraction of sp³-hybridized carbons (Fsp3) is 0. The maximum atomic E-state index is 7.28. The van der Waals surface area contributed by atoms with Gasteiger partial charge in [0.05, 0.1) is 28.0 Å². The summed E-state index contributed by atoms with van der Waals surface area (Å²) in [5, 5.41) is 3.00. The van der Waals surface area contributed by atoms with Gasteiger partial charge in [0.2, 0.25) is 0 Å². The molecule has 4 heterocycles. The maximum Gasteiger partial charge on any atom is 0.187 e. The van der Waals surface area contributed by atoms with Crippen molar-refractivity contribution in [3.05, 3.63) is 181 Å². The Morgan fingerprint density at radius 1 is 0.448 bits per heavy atom. The van der Waals surface area contributed by atoms with Gasteiger partial charge >= 0.3 is 0 Å². The lowest BCUT2D eigenvalue weighted by Crippen LogP contribution is -2.00. The molecule has 7 aromatic carbocycles. The predicted molar refractivity (Wildman–Crippen MR) is 234 cm³/mol. The highest BCUT2D eigenvalue weighted by atomic mass is 32.1. The molecule has 0 bridgehead atoms. The maximum absolute atomic E-state index is 7.28. The molecule has 0 unspecified atom stereocenters. The molecule has 0 spiro atoms. The molecule has 0 saturated heterocycles. The molecule has 11 rings (SSSR count). The molecule has 11 aromatic rings. The van der Waals surface area contributed by atoms with E-state index in [-0.39, 0.29) is 0 Å². The largest absolute Gasteiger partial charge is 0.455 e. The first-order chi connectivity index (χ1) is 28.7. The van der Waals surface area contributed by atoms with E-state index in [0.717, 1.165) is 82.2 Å². The van der Waals surface area contributed by atoms with Crippen LogP contribution in [0.1, 0.15) is 0 Å². The van der Waals surface area contributed by atoms with Gasteiger partial charge in [0.25, 0.3) is 0 Å². The number of thiophene rings is 1. The standard InChI is InChI=1S/C50H28N6OS/c1-51-36-26-23-31(24-27-36)30-19-21-34(22-20-30)48-54-47(33-13-6-3-7-14-33)55-49(56-48)35-25-28-41-40(29-35)37-16-10-17-39(45(37)57-41)50-52-43(32-11-4-2-5-12-32)46-44(53-50)38-15-8-9-18-42(38)58-46/h2-29H. The van der Waals surface area contributed by atoms with Crippen molar-refractivity contribution in [2.24, 2.45) is 0 Å². The summed E-state index contributed by atoms with van der Waals surface area (Å²) in [5.41, 5.74) is 10.5. The van der Waals surface area contributed by atoms with Gasteiger partial charge in [-0.3, -0.25) is 0 Å². The van der Waals surface area contributed by atoms with Crippen LogP contribution in [0.4, 0.5) is 5.69 Å². The van der Waals surface area contributed by atoms with E-state index < -0.39 is 0 Å². The Morgan fingerprint density at radius 3 is 1.76 bits per heavy atom. The van der Waals surface area contributed by atoms with Gasteiger partial charge in [0, 0.05) is 43.1 Å². The van der Waals surface area contributed by atoms with Crippen LogP contribution in [0.3, 0.4) is 0 Å². The van der Waals surface area contributed by atoms with Gasteiger partial charge in [-0.2, -0.15) is 0 Å². The highest BCUT2D eigenvalue weighted by Gasteiger charge is 2.21. The Balaban J connectivity index is 1.04. The second kappa shape index (κ2) is 13.7. The van der Waals surface area contributed by atoms with E-state index in [2.05, 4.69) is 65.5 Å². The Kier molecular flexibility index (Phi) is 7.91.